The van der Waals surface area contributed by atoms with Crippen LogP contribution >= 0.6 is 11.6 Å². The Balaban J connectivity index is 1.37. The van der Waals surface area contributed by atoms with Crippen molar-refractivity contribution in [1.29, 1.82) is 0 Å². The Bertz CT molecular complexity index is 1520. The van der Waals surface area contributed by atoms with Crippen LogP contribution in [0, 0.1) is 0 Å². The molecule has 0 aliphatic carbocycles. The molecule has 2 atom stereocenters. The van der Waals surface area contributed by atoms with Crippen LogP contribution in [0.1, 0.15) is 47.6 Å². The summed E-state index contributed by atoms with van der Waals surface area (Å²) in [5.74, 6) is -1.07. The van der Waals surface area contributed by atoms with Crippen LogP contribution < -0.4 is 11.1 Å². The van der Waals surface area contributed by atoms with Gasteiger partial charge >= 0.3 is 6.09 Å². The second-order valence-corrected chi connectivity index (χ2v) is 10.7. The largest absolute Gasteiger partial charge is 0.436 e. The Hall–Kier alpha value is -4.12. The summed E-state index contributed by atoms with van der Waals surface area (Å²) in [6, 6.07) is 9.09. The maximum atomic E-state index is 14.2. The normalized spacial score (nSPS) is 21.1. The van der Waals surface area contributed by atoms with E-state index in [9.17, 15) is 19.2 Å². The van der Waals surface area contributed by atoms with Crippen molar-refractivity contribution in [3.8, 4) is 0 Å². The van der Waals surface area contributed by atoms with Crippen LogP contribution in [-0.2, 0) is 19.9 Å². The standard InChI is InChI=1S/C27H27ClN6O5/c28-18-5-6-20-19(12-18)27(39-26(38)31-20)7-1-8-33(15-27)25(37)22(13-23(35)32-9-2-10-32)34-21-11-16(24(29)36)3-4-17(21)14-30-34/h3-6,11-12,14,22H,1-2,7-10,13,15H2,(H2,29,36)(H,31,38)/t22-,27-/m0/s1. The maximum absolute atomic E-state index is 14.2. The van der Waals surface area contributed by atoms with E-state index in [2.05, 4.69) is 10.4 Å². The van der Waals surface area contributed by atoms with Crippen molar-refractivity contribution in [3.05, 3.63) is 58.7 Å². The minimum atomic E-state index is -1.08. The zero-order valence-corrected chi connectivity index (χ0v) is 21.8. The van der Waals surface area contributed by atoms with E-state index < -0.39 is 23.6 Å². The fourth-order valence-corrected chi connectivity index (χ4v) is 5.84. The van der Waals surface area contributed by atoms with Crippen molar-refractivity contribution >= 4 is 52.0 Å². The molecule has 202 valence electrons. The van der Waals surface area contributed by atoms with Crippen LogP contribution in [0.4, 0.5) is 10.5 Å². The molecule has 3 aliphatic heterocycles. The van der Waals surface area contributed by atoms with Gasteiger partial charge in [-0.2, -0.15) is 5.10 Å². The SMILES string of the molecule is NC(=O)c1ccc2cnn([C@@H](CC(=O)N3CCC3)C(=O)N3CCC[C@@]4(C3)OC(=O)Nc3ccc(Cl)cc34)c2c1. The number of aromatic nitrogens is 2. The number of hydrogen-bond acceptors (Lipinski definition) is 6. The molecule has 39 heavy (non-hydrogen) atoms. The number of nitrogens with one attached hydrogen (secondary N) is 1. The summed E-state index contributed by atoms with van der Waals surface area (Å²) in [7, 11) is 0. The fraction of sp³-hybridized carbons (Fsp3) is 0.370. The number of hydrogen-bond donors (Lipinski definition) is 2. The molecule has 12 heteroatoms. The first kappa shape index (κ1) is 25.2. The molecule has 0 bridgehead atoms. The third-order valence-corrected chi connectivity index (χ3v) is 8.04. The summed E-state index contributed by atoms with van der Waals surface area (Å²) in [5, 5.41) is 8.37. The lowest BCUT2D eigenvalue weighted by atomic mass is 9.83. The Morgan fingerprint density at radius 3 is 2.64 bits per heavy atom. The molecule has 2 fully saturated rings. The third-order valence-electron chi connectivity index (χ3n) is 7.80. The summed E-state index contributed by atoms with van der Waals surface area (Å²) in [6.07, 6.45) is 2.92. The predicted molar refractivity (Wildman–Crippen MR) is 142 cm³/mol. The van der Waals surface area contributed by atoms with Crippen molar-refractivity contribution in [2.24, 2.45) is 5.73 Å². The number of primary amides is 1. The van der Waals surface area contributed by atoms with Gasteiger partial charge in [0.25, 0.3) is 0 Å². The van der Waals surface area contributed by atoms with Crippen molar-refractivity contribution in [2.45, 2.75) is 37.3 Å². The monoisotopic (exact) mass is 550 g/mol. The van der Waals surface area contributed by atoms with Gasteiger partial charge in [-0.3, -0.25) is 24.4 Å². The molecule has 0 unspecified atom stereocenters. The highest BCUT2D eigenvalue weighted by Gasteiger charge is 2.47. The summed E-state index contributed by atoms with van der Waals surface area (Å²) >= 11 is 6.29. The molecule has 0 radical (unpaired) electrons. The first-order valence-electron chi connectivity index (χ1n) is 12.9. The minimum Gasteiger partial charge on any atom is -0.436 e. The molecular formula is C27H27ClN6O5. The molecule has 3 aromatic rings. The topological polar surface area (TPSA) is 140 Å². The first-order chi connectivity index (χ1) is 18.7. The summed E-state index contributed by atoms with van der Waals surface area (Å²) in [5.41, 5.74) is 6.52. The molecule has 11 nitrogen and oxygen atoms in total. The lowest BCUT2D eigenvalue weighted by Crippen LogP contribution is -2.54. The van der Waals surface area contributed by atoms with E-state index in [1.165, 1.54) is 4.68 Å². The van der Waals surface area contributed by atoms with Crippen LogP contribution in [0.5, 0.6) is 0 Å². The summed E-state index contributed by atoms with van der Waals surface area (Å²) in [4.78, 5) is 55.1. The molecule has 4 heterocycles. The quantitative estimate of drug-likeness (QED) is 0.500. The lowest BCUT2D eigenvalue weighted by Gasteiger charge is -2.45. The number of fused-ring (bicyclic) bond motifs is 3. The average Bonchev–Trinajstić information content (AvgIpc) is 3.29. The van der Waals surface area contributed by atoms with Gasteiger partial charge < -0.3 is 20.3 Å². The molecule has 1 aromatic heterocycles. The minimum absolute atomic E-state index is 0.0936. The molecule has 2 saturated heterocycles. The summed E-state index contributed by atoms with van der Waals surface area (Å²) < 4.78 is 7.36. The fourth-order valence-electron chi connectivity index (χ4n) is 5.67. The van der Waals surface area contributed by atoms with Crippen molar-refractivity contribution in [2.75, 3.05) is 31.5 Å². The molecular weight excluding hydrogens is 524 g/mol. The van der Waals surface area contributed by atoms with Gasteiger partial charge in [0.05, 0.1) is 30.4 Å². The lowest BCUT2D eigenvalue weighted by molar-refractivity contribution is -0.147. The molecule has 2 aromatic carbocycles. The molecule has 6 rings (SSSR count). The van der Waals surface area contributed by atoms with Gasteiger partial charge in [0.2, 0.25) is 17.7 Å². The molecule has 3 aliphatic rings. The van der Waals surface area contributed by atoms with E-state index in [1.54, 1.807) is 52.4 Å². The van der Waals surface area contributed by atoms with Gasteiger partial charge in [0.15, 0.2) is 5.60 Å². The van der Waals surface area contributed by atoms with Crippen LogP contribution in [0.3, 0.4) is 0 Å². The molecule has 3 N–H and O–H groups in total. The number of ether oxygens (including phenoxy) is 1. The second-order valence-electron chi connectivity index (χ2n) is 10.2. The van der Waals surface area contributed by atoms with Gasteiger partial charge in [-0.25, -0.2) is 4.79 Å². The Morgan fingerprint density at radius 1 is 1.10 bits per heavy atom. The number of anilines is 1. The van der Waals surface area contributed by atoms with E-state index in [-0.39, 0.29) is 30.3 Å². The second kappa shape index (κ2) is 9.57. The van der Waals surface area contributed by atoms with E-state index in [1.807, 2.05) is 0 Å². The van der Waals surface area contributed by atoms with E-state index in [0.29, 0.717) is 59.7 Å². The third kappa shape index (κ3) is 4.46. The van der Waals surface area contributed by atoms with Crippen molar-refractivity contribution in [3.63, 3.8) is 0 Å². The van der Waals surface area contributed by atoms with Crippen LogP contribution in [0.15, 0.2) is 42.6 Å². The highest BCUT2D eigenvalue weighted by Crippen LogP contribution is 2.44. The molecule has 0 saturated carbocycles. The zero-order chi connectivity index (χ0) is 27.3. The number of amides is 4. The highest BCUT2D eigenvalue weighted by molar-refractivity contribution is 6.30. The maximum Gasteiger partial charge on any atom is 0.412 e. The number of nitrogens with zero attached hydrogens (tertiary/aromatic N) is 4. The first-order valence-corrected chi connectivity index (χ1v) is 13.3. The van der Waals surface area contributed by atoms with Crippen molar-refractivity contribution in [1.82, 2.24) is 19.6 Å². The van der Waals surface area contributed by atoms with Gasteiger partial charge in [-0.05, 0) is 49.6 Å². The number of carbonyl (C=O) groups excluding carboxylic acids is 4. The number of benzene rings is 2. The number of carbonyl (C=O) groups is 4. The van der Waals surface area contributed by atoms with E-state index in [4.69, 9.17) is 22.1 Å². The Labute approximate surface area is 228 Å². The number of halogens is 1. The number of piperidine rings is 1. The number of likely N-dealkylation sites (tertiary alicyclic amines) is 2. The Kier molecular flexibility index (Phi) is 6.17. The summed E-state index contributed by atoms with van der Waals surface area (Å²) in [6.45, 7) is 1.83. The van der Waals surface area contributed by atoms with Gasteiger partial charge in [-0.15, -0.1) is 0 Å². The molecule has 4 amide bonds. The molecule has 1 spiro atoms. The van der Waals surface area contributed by atoms with E-state index in [0.717, 1.165) is 6.42 Å². The van der Waals surface area contributed by atoms with E-state index >= 15 is 0 Å². The van der Waals surface area contributed by atoms with Gasteiger partial charge in [-0.1, -0.05) is 17.7 Å². The smallest absolute Gasteiger partial charge is 0.412 e. The highest BCUT2D eigenvalue weighted by atomic mass is 35.5. The number of nitrogens with two attached hydrogens (primary N) is 1. The van der Waals surface area contributed by atoms with Crippen LogP contribution in [0.2, 0.25) is 5.02 Å². The van der Waals surface area contributed by atoms with Crippen molar-refractivity contribution < 1.29 is 23.9 Å². The van der Waals surface area contributed by atoms with Crippen LogP contribution in [-0.4, -0.2) is 69.6 Å². The zero-order valence-electron chi connectivity index (χ0n) is 21.1. The number of rotatable bonds is 5. The van der Waals surface area contributed by atoms with Gasteiger partial charge in [0.1, 0.15) is 6.04 Å². The van der Waals surface area contributed by atoms with Crippen LogP contribution in [0.25, 0.3) is 10.9 Å². The predicted octanol–water partition coefficient (Wildman–Crippen LogP) is 3.03. The Morgan fingerprint density at radius 2 is 1.90 bits per heavy atom. The average molecular weight is 551 g/mol. The van der Waals surface area contributed by atoms with Gasteiger partial charge in [0, 0.05) is 41.2 Å².